The molecule has 1 amide bonds. The van der Waals surface area contributed by atoms with Crippen LogP contribution in [0.15, 0.2) is 42.5 Å². The quantitative estimate of drug-likeness (QED) is 0.717. The molecule has 0 unspecified atom stereocenters. The van der Waals surface area contributed by atoms with Gasteiger partial charge in [0.05, 0.1) is 32.9 Å². The third-order valence-electron chi connectivity index (χ3n) is 3.94. The average molecular weight is 373 g/mol. The van der Waals surface area contributed by atoms with E-state index in [4.69, 9.17) is 18.9 Å². The maximum Gasteiger partial charge on any atom is 0.338 e. The van der Waals surface area contributed by atoms with Gasteiger partial charge in [0.15, 0.2) is 6.61 Å². The van der Waals surface area contributed by atoms with Gasteiger partial charge >= 0.3 is 5.97 Å². The smallest absolute Gasteiger partial charge is 0.338 e. The lowest BCUT2D eigenvalue weighted by Crippen LogP contribution is -2.31. The Morgan fingerprint density at radius 2 is 1.56 bits per heavy atom. The van der Waals surface area contributed by atoms with Gasteiger partial charge in [-0.15, -0.1) is 0 Å². The highest BCUT2D eigenvalue weighted by atomic mass is 16.5. The summed E-state index contributed by atoms with van der Waals surface area (Å²) in [5, 5.41) is 2.78. The van der Waals surface area contributed by atoms with Crippen molar-refractivity contribution in [3.8, 4) is 17.2 Å². The van der Waals surface area contributed by atoms with Crippen molar-refractivity contribution in [2.45, 2.75) is 13.0 Å². The first-order valence-corrected chi connectivity index (χ1v) is 8.31. The van der Waals surface area contributed by atoms with Crippen LogP contribution in [-0.2, 0) is 9.53 Å². The van der Waals surface area contributed by atoms with Crippen LogP contribution >= 0.6 is 0 Å². The minimum Gasteiger partial charge on any atom is -0.497 e. The maximum atomic E-state index is 12.1. The number of nitrogens with one attached hydrogen (secondary N) is 1. The summed E-state index contributed by atoms with van der Waals surface area (Å²) in [6.07, 6.45) is 0. The molecular formula is C20H23NO6. The van der Waals surface area contributed by atoms with Crippen LogP contribution < -0.4 is 19.5 Å². The van der Waals surface area contributed by atoms with E-state index in [-0.39, 0.29) is 12.6 Å². The van der Waals surface area contributed by atoms with Crippen molar-refractivity contribution in [2.24, 2.45) is 0 Å². The number of hydrogen-bond acceptors (Lipinski definition) is 6. The van der Waals surface area contributed by atoms with Gasteiger partial charge < -0.3 is 24.3 Å². The number of hydrogen-bond donors (Lipinski definition) is 1. The van der Waals surface area contributed by atoms with Gasteiger partial charge in [0.25, 0.3) is 5.91 Å². The van der Waals surface area contributed by atoms with Gasteiger partial charge in [0, 0.05) is 5.56 Å². The zero-order valence-corrected chi connectivity index (χ0v) is 15.8. The largest absolute Gasteiger partial charge is 0.497 e. The van der Waals surface area contributed by atoms with Crippen LogP contribution in [0.25, 0.3) is 0 Å². The van der Waals surface area contributed by atoms with Gasteiger partial charge in [-0.1, -0.05) is 0 Å². The van der Waals surface area contributed by atoms with E-state index >= 15 is 0 Å². The first-order valence-electron chi connectivity index (χ1n) is 8.31. The number of ether oxygens (including phenoxy) is 4. The SMILES string of the molecule is COc1ccc(C(=O)OCC(=O)N[C@@H](C)c2cc(OC)ccc2OC)cc1. The Labute approximate surface area is 158 Å². The Balaban J connectivity index is 1.93. The van der Waals surface area contributed by atoms with E-state index in [1.807, 2.05) is 0 Å². The molecular weight excluding hydrogens is 350 g/mol. The van der Waals surface area contributed by atoms with E-state index < -0.39 is 11.9 Å². The Kier molecular flexibility index (Phi) is 7.05. The summed E-state index contributed by atoms with van der Waals surface area (Å²) in [7, 11) is 4.65. The summed E-state index contributed by atoms with van der Waals surface area (Å²) < 4.78 is 20.6. The lowest BCUT2D eigenvalue weighted by Gasteiger charge is -2.18. The third kappa shape index (κ3) is 5.37. The topological polar surface area (TPSA) is 83.1 Å². The van der Waals surface area contributed by atoms with Crippen LogP contribution in [0.2, 0.25) is 0 Å². The summed E-state index contributed by atoms with van der Waals surface area (Å²) in [4.78, 5) is 24.1. The second-order valence-electron chi connectivity index (χ2n) is 5.70. The molecule has 7 heteroatoms. The Morgan fingerprint density at radius 3 is 2.15 bits per heavy atom. The number of methoxy groups -OCH3 is 3. The zero-order valence-electron chi connectivity index (χ0n) is 15.8. The second kappa shape index (κ2) is 9.47. The van der Waals surface area contributed by atoms with E-state index in [0.717, 1.165) is 5.56 Å². The number of esters is 1. The molecule has 2 aromatic carbocycles. The highest BCUT2D eigenvalue weighted by Crippen LogP contribution is 2.29. The van der Waals surface area contributed by atoms with E-state index in [1.165, 1.54) is 7.11 Å². The first-order chi connectivity index (χ1) is 13.0. The van der Waals surface area contributed by atoms with Gasteiger partial charge in [-0.2, -0.15) is 0 Å². The van der Waals surface area contributed by atoms with E-state index in [1.54, 1.807) is 63.6 Å². The fraction of sp³-hybridized carbons (Fsp3) is 0.300. The van der Waals surface area contributed by atoms with Gasteiger partial charge in [-0.25, -0.2) is 4.79 Å². The lowest BCUT2D eigenvalue weighted by atomic mass is 10.1. The summed E-state index contributed by atoms with van der Waals surface area (Å²) in [5.41, 5.74) is 1.10. The summed E-state index contributed by atoms with van der Waals surface area (Å²) >= 11 is 0. The van der Waals surface area contributed by atoms with Gasteiger partial charge in [-0.05, 0) is 49.4 Å². The number of carbonyl (C=O) groups excluding carboxylic acids is 2. The second-order valence-corrected chi connectivity index (χ2v) is 5.70. The van der Waals surface area contributed by atoms with Crippen molar-refractivity contribution in [3.63, 3.8) is 0 Å². The van der Waals surface area contributed by atoms with Crippen LogP contribution in [0.5, 0.6) is 17.2 Å². The van der Waals surface area contributed by atoms with Crippen molar-refractivity contribution in [3.05, 3.63) is 53.6 Å². The van der Waals surface area contributed by atoms with E-state index in [2.05, 4.69) is 5.32 Å². The normalized spacial score (nSPS) is 11.3. The highest BCUT2D eigenvalue weighted by molar-refractivity contribution is 5.91. The Hall–Kier alpha value is -3.22. The fourth-order valence-corrected chi connectivity index (χ4v) is 2.48. The molecule has 0 heterocycles. The van der Waals surface area contributed by atoms with E-state index in [9.17, 15) is 9.59 Å². The number of amides is 1. The molecule has 0 bridgehead atoms. The van der Waals surface area contributed by atoms with Gasteiger partial charge in [0.2, 0.25) is 0 Å². The van der Waals surface area contributed by atoms with Crippen LogP contribution in [0, 0.1) is 0 Å². The molecule has 27 heavy (non-hydrogen) atoms. The molecule has 0 saturated heterocycles. The zero-order chi connectivity index (χ0) is 19.8. The van der Waals surface area contributed by atoms with Crippen molar-refractivity contribution in [2.75, 3.05) is 27.9 Å². The van der Waals surface area contributed by atoms with Crippen molar-refractivity contribution >= 4 is 11.9 Å². The minimum absolute atomic E-state index is 0.339. The van der Waals surface area contributed by atoms with Crippen molar-refractivity contribution in [1.82, 2.24) is 5.32 Å². The molecule has 144 valence electrons. The third-order valence-corrected chi connectivity index (χ3v) is 3.94. The molecule has 0 radical (unpaired) electrons. The number of carbonyl (C=O) groups is 2. The Bertz CT molecular complexity index is 788. The minimum atomic E-state index is -0.584. The predicted molar refractivity (Wildman–Crippen MR) is 99.4 cm³/mol. The molecule has 0 aliphatic heterocycles. The molecule has 0 aromatic heterocycles. The molecule has 0 fully saturated rings. The molecule has 0 aliphatic carbocycles. The van der Waals surface area contributed by atoms with Crippen molar-refractivity contribution < 1.29 is 28.5 Å². The average Bonchev–Trinajstić information content (AvgIpc) is 2.71. The standard InChI is InChI=1S/C20H23NO6/c1-13(17-11-16(25-3)9-10-18(17)26-4)21-19(22)12-27-20(23)14-5-7-15(24-2)8-6-14/h5-11,13H,12H2,1-4H3,(H,21,22)/t13-/m0/s1. The maximum absolute atomic E-state index is 12.1. The van der Waals surface area contributed by atoms with Crippen LogP contribution in [0.4, 0.5) is 0 Å². The highest BCUT2D eigenvalue weighted by Gasteiger charge is 2.17. The summed E-state index contributed by atoms with van der Waals surface area (Å²) in [6.45, 7) is 1.42. The summed E-state index contributed by atoms with van der Waals surface area (Å²) in [5.74, 6) is 0.899. The van der Waals surface area contributed by atoms with Gasteiger partial charge in [0.1, 0.15) is 17.2 Å². The number of benzene rings is 2. The van der Waals surface area contributed by atoms with Crippen molar-refractivity contribution in [1.29, 1.82) is 0 Å². The van der Waals surface area contributed by atoms with Crippen LogP contribution in [0.3, 0.4) is 0 Å². The Morgan fingerprint density at radius 1 is 0.926 bits per heavy atom. The molecule has 1 atom stereocenters. The molecule has 2 rings (SSSR count). The van der Waals surface area contributed by atoms with Gasteiger partial charge in [-0.3, -0.25) is 4.79 Å². The molecule has 0 aliphatic rings. The van der Waals surface area contributed by atoms with E-state index in [0.29, 0.717) is 22.8 Å². The lowest BCUT2D eigenvalue weighted by molar-refractivity contribution is -0.124. The predicted octanol–water partition coefficient (Wildman–Crippen LogP) is 2.75. The first kappa shape index (κ1) is 20.1. The van der Waals surface area contributed by atoms with Crippen LogP contribution in [-0.4, -0.2) is 39.8 Å². The molecule has 1 N–H and O–H groups in total. The molecule has 2 aromatic rings. The number of rotatable bonds is 8. The van der Waals surface area contributed by atoms with Crippen LogP contribution in [0.1, 0.15) is 28.9 Å². The summed E-state index contributed by atoms with van der Waals surface area (Å²) in [6, 6.07) is 11.4. The monoisotopic (exact) mass is 373 g/mol. The molecule has 0 saturated carbocycles. The molecule has 7 nitrogen and oxygen atoms in total. The molecule has 0 spiro atoms. The fourth-order valence-electron chi connectivity index (χ4n) is 2.48.